The Kier molecular flexibility index (Phi) is 5.32. The molecule has 0 aliphatic heterocycles. The van der Waals surface area contributed by atoms with Crippen LogP contribution in [-0.2, 0) is 5.41 Å². The van der Waals surface area contributed by atoms with E-state index >= 15 is 0 Å². The third-order valence-corrected chi connectivity index (χ3v) is 3.82. The Labute approximate surface area is 129 Å². The zero-order valence-corrected chi connectivity index (χ0v) is 12.7. The van der Waals surface area contributed by atoms with Gasteiger partial charge in [0.1, 0.15) is 0 Å². The van der Waals surface area contributed by atoms with Gasteiger partial charge < -0.3 is 10.6 Å². The number of nitrogens with zero attached hydrogens (tertiary/aromatic N) is 1. The van der Waals surface area contributed by atoms with Crippen LogP contribution in [0.3, 0.4) is 0 Å². The SMILES string of the molecule is CCNC(=NCC1(c2ccccc2)CC1)NCCC(F)(F)F. The summed E-state index contributed by atoms with van der Waals surface area (Å²) < 4.78 is 36.6. The molecule has 0 unspecified atom stereocenters. The molecule has 0 aromatic heterocycles. The molecule has 2 N–H and O–H groups in total. The van der Waals surface area contributed by atoms with E-state index in [2.05, 4.69) is 27.8 Å². The Morgan fingerprint density at radius 2 is 1.86 bits per heavy atom. The maximum absolute atomic E-state index is 12.2. The molecule has 0 radical (unpaired) electrons. The molecule has 0 saturated heterocycles. The fraction of sp³-hybridized carbons (Fsp3) is 0.562. The first-order chi connectivity index (χ1) is 10.5. The Balaban J connectivity index is 1.93. The molecular weight excluding hydrogens is 291 g/mol. The second-order valence-electron chi connectivity index (χ2n) is 5.63. The number of hydrogen-bond donors (Lipinski definition) is 2. The lowest BCUT2D eigenvalue weighted by Crippen LogP contribution is -2.39. The van der Waals surface area contributed by atoms with Gasteiger partial charge in [-0.25, -0.2) is 0 Å². The summed E-state index contributed by atoms with van der Waals surface area (Å²) in [5, 5.41) is 5.74. The van der Waals surface area contributed by atoms with E-state index in [-0.39, 0.29) is 12.0 Å². The highest BCUT2D eigenvalue weighted by molar-refractivity contribution is 5.79. The average Bonchev–Trinajstić information content (AvgIpc) is 3.26. The number of aliphatic imine (C=N–C) groups is 1. The first-order valence-electron chi connectivity index (χ1n) is 7.60. The summed E-state index contributed by atoms with van der Waals surface area (Å²) in [4.78, 5) is 4.47. The van der Waals surface area contributed by atoms with E-state index in [9.17, 15) is 13.2 Å². The number of guanidine groups is 1. The maximum atomic E-state index is 12.2. The van der Waals surface area contributed by atoms with Crippen LogP contribution in [0.1, 0.15) is 31.7 Å². The fourth-order valence-corrected chi connectivity index (χ4v) is 2.38. The van der Waals surface area contributed by atoms with E-state index in [0.29, 0.717) is 19.0 Å². The van der Waals surface area contributed by atoms with Crippen LogP contribution in [0.25, 0.3) is 0 Å². The third kappa shape index (κ3) is 4.93. The molecule has 2 rings (SSSR count). The van der Waals surface area contributed by atoms with Gasteiger partial charge in [-0.2, -0.15) is 13.2 Å². The lowest BCUT2D eigenvalue weighted by molar-refractivity contribution is -0.132. The van der Waals surface area contributed by atoms with Gasteiger partial charge in [0.15, 0.2) is 5.96 Å². The molecule has 0 atom stereocenters. The van der Waals surface area contributed by atoms with Crippen LogP contribution in [0, 0.1) is 0 Å². The lowest BCUT2D eigenvalue weighted by Gasteiger charge is -2.16. The number of alkyl halides is 3. The summed E-state index contributed by atoms with van der Waals surface area (Å²) in [7, 11) is 0. The van der Waals surface area contributed by atoms with Crippen molar-refractivity contribution < 1.29 is 13.2 Å². The van der Waals surface area contributed by atoms with Gasteiger partial charge in [-0.1, -0.05) is 30.3 Å². The number of halogens is 3. The van der Waals surface area contributed by atoms with E-state index < -0.39 is 12.6 Å². The van der Waals surface area contributed by atoms with E-state index in [1.54, 1.807) is 0 Å². The largest absolute Gasteiger partial charge is 0.390 e. The van der Waals surface area contributed by atoms with Crippen LogP contribution < -0.4 is 10.6 Å². The Morgan fingerprint density at radius 1 is 1.18 bits per heavy atom. The van der Waals surface area contributed by atoms with Crippen molar-refractivity contribution >= 4 is 5.96 Å². The van der Waals surface area contributed by atoms with Gasteiger partial charge in [0.2, 0.25) is 0 Å². The van der Waals surface area contributed by atoms with Crippen molar-refractivity contribution in [3.05, 3.63) is 35.9 Å². The Hall–Kier alpha value is -1.72. The van der Waals surface area contributed by atoms with Gasteiger partial charge in [0.05, 0.1) is 13.0 Å². The van der Waals surface area contributed by atoms with Crippen LogP contribution in [0.4, 0.5) is 13.2 Å². The van der Waals surface area contributed by atoms with Crippen LogP contribution in [0.2, 0.25) is 0 Å². The van der Waals surface area contributed by atoms with Gasteiger partial charge >= 0.3 is 6.18 Å². The minimum absolute atomic E-state index is 0.0631. The molecule has 0 amide bonds. The van der Waals surface area contributed by atoms with Gasteiger partial charge in [0, 0.05) is 18.5 Å². The van der Waals surface area contributed by atoms with Crippen molar-refractivity contribution in [3.8, 4) is 0 Å². The third-order valence-electron chi connectivity index (χ3n) is 3.82. The maximum Gasteiger partial charge on any atom is 0.390 e. The highest BCUT2D eigenvalue weighted by atomic mass is 19.4. The second-order valence-corrected chi connectivity index (χ2v) is 5.63. The molecule has 3 nitrogen and oxygen atoms in total. The number of hydrogen-bond acceptors (Lipinski definition) is 1. The zero-order chi connectivity index (χ0) is 16.1. The van der Waals surface area contributed by atoms with E-state index in [1.807, 2.05) is 25.1 Å². The molecule has 6 heteroatoms. The lowest BCUT2D eigenvalue weighted by atomic mass is 9.96. The predicted octanol–water partition coefficient (Wildman–Crippen LogP) is 3.23. The minimum Gasteiger partial charge on any atom is -0.357 e. The molecule has 1 saturated carbocycles. The van der Waals surface area contributed by atoms with Crippen LogP contribution >= 0.6 is 0 Å². The predicted molar refractivity (Wildman–Crippen MR) is 82.0 cm³/mol. The number of benzene rings is 1. The standard InChI is InChI=1S/C16H22F3N3/c1-2-20-14(21-11-10-16(17,18)19)22-12-15(8-9-15)13-6-4-3-5-7-13/h3-7H,2,8-12H2,1H3,(H2,20,21,22). The fourth-order valence-electron chi connectivity index (χ4n) is 2.38. The molecule has 0 heterocycles. The Morgan fingerprint density at radius 3 is 2.41 bits per heavy atom. The van der Waals surface area contributed by atoms with Crippen molar-refractivity contribution in [3.63, 3.8) is 0 Å². The summed E-state index contributed by atoms with van der Waals surface area (Å²) in [6, 6.07) is 10.2. The van der Waals surface area contributed by atoms with Crippen molar-refractivity contribution in [2.75, 3.05) is 19.6 Å². The zero-order valence-electron chi connectivity index (χ0n) is 12.7. The molecule has 22 heavy (non-hydrogen) atoms. The summed E-state index contributed by atoms with van der Waals surface area (Å²) >= 11 is 0. The normalized spacial score (nSPS) is 17.2. The Bertz CT molecular complexity index is 493. The molecule has 1 aromatic rings. The molecule has 1 aromatic carbocycles. The number of nitrogens with one attached hydrogen (secondary N) is 2. The highest BCUT2D eigenvalue weighted by Crippen LogP contribution is 2.48. The van der Waals surface area contributed by atoms with Crippen molar-refractivity contribution in [1.29, 1.82) is 0 Å². The average molecular weight is 313 g/mol. The molecule has 122 valence electrons. The van der Waals surface area contributed by atoms with E-state index in [4.69, 9.17) is 0 Å². The summed E-state index contributed by atoms with van der Waals surface area (Å²) in [5.41, 5.74) is 1.32. The molecule has 1 aliphatic carbocycles. The molecule has 1 fully saturated rings. The topological polar surface area (TPSA) is 36.4 Å². The molecule has 0 spiro atoms. The summed E-state index contributed by atoms with van der Waals surface area (Å²) in [5.74, 6) is 0.453. The van der Waals surface area contributed by atoms with Gasteiger partial charge in [-0.05, 0) is 25.3 Å². The summed E-state index contributed by atoms with van der Waals surface area (Å²) in [6.45, 7) is 2.95. The first kappa shape index (κ1) is 16.6. The van der Waals surface area contributed by atoms with Crippen LogP contribution in [0.15, 0.2) is 35.3 Å². The first-order valence-corrected chi connectivity index (χ1v) is 7.60. The van der Waals surface area contributed by atoms with Gasteiger partial charge in [-0.3, -0.25) is 4.99 Å². The number of rotatable bonds is 6. The van der Waals surface area contributed by atoms with Gasteiger partial charge in [-0.15, -0.1) is 0 Å². The van der Waals surface area contributed by atoms with Crippen molar-refractivity contribution in [1.82, 2.24) is 10.6 Å². The van der Waals surface area contributed by atoms with Crippen molar-refractivity contribution in [2.45, 2.75) is 37.8 Å². The van der Waals surface area contributed by atoms with E-state index in [0.717, 1.165) is 12.8 Å². The molecule has 0 bridgehead atoms. The summed E-state index contributed by atoms with van der Waals surface area (Å²) in [6.07, 6.45) is -2.86. The highest BCUT2D eigenvalue weighted by Gasteiger charge is 2.44. The van der Waals surface area contributed by atoms with Crippen LogP contribution in [-0.4, -0.2) is 31.8 Å². The van der Waals surface area contributed by atoms with E-state index in [1.165, 1.54) is 5.56 Å². The molecule has 1 aliphatic rings. The minimum atomic E-state index is -4.15. The van der Waals surface area contributed by atoms with Crippen molar-refractivity contribution in [2.24, 2.45) is 4.99 Å². The molecular formula is C16H22F3N3. The van der Waals surface area contributed by atoms with Crippen LogP contribution in [0.5, 0.6) is 0 Å². The quantitative estimate of drug-likeness (QED) is 0.625. The van der Waals surface area contributed by atoms with Gasteiger partial charge in [0.25, 0.3) is 0 Å². The second kappa shape index (κ2) is 7.03. The monoisotopic (exact) mass is 313 g/mol. The smallest absolute Gasteiger partial charge is 0.357 e.